The molecule has 0 fully saturated rings. The lowest BCUT2D eigenvalue weighted by molar-refractivity contribution is 0.0118. The number of aromatic nitrogens is 3. The SMILES string of the molecule is CCC(O)(CC)Cn1nnc(C(=O)O)c1-c1ccccc1. The number of carboxylic acids is 1. The Balaban J connectivity index is 2.51. The maximum atomic E-state index is 11.3. The molecule has 2 N–H and O–H groups in total. The summed E-state index contributed by atoms with van der Waals surface area (Å²) >= 11 is 0. The monoisotopic (exact) mass is 289 g/mol. The zero-order valence-corrected chi connectivity index (χ0v) is 12.2. The average molecular weight is 289 g/mol. The molecule has 0 aliphatic carbocycles. The topological polar surface area (TPSA) is 88.2 Å². The molecule has 2 rings (SSSR count). The fourth-order valence-corrected chi connectivity index (χ4v) is 2.20. The van der Waals surface area contributed by atoms with Gasteiger partial charge in [0.2, 0.25) is 0 Å². The van der Waals surface area contributed by atoms with Gasteiger partial charge >= 0.3 is 5.97 Å². The molecule has 1 aromatic heterocycles. The van der Waals surface area contributed by atoms with Crippen molar-refractivity contribution in [1.29, 1.82) is 0 Å². The van der Waals surface area contributed by atoms with Gasteiger partial charge in [0.25, 0.3) is 0 Å². The number of hydrogen-bond acceptors (Lipinski definition) is 4. The second-order valence-electron chi connectivity index (χ2n) is 5.05. The van der Waals surface area contributed by atoms with E-state index >= 15 is 0 Å². The molecule has 0 radical (unpaired) electrons. The van der Waals surface area contributed by atoms with Crippen LogP contribution in [0.5, 0.6) is 0 Å². The predicted molar refractivity (Wildman–Crippen MR) is 77.9 cm³/mol. The van der Waals surface area contributed by atoms with Gasteiger partial charge in [-0.15, -0.1) is 5.10 Å². The highest BCUT2D eigenvalue weighted by Crippen LogP contribution is 2.25. The number of rotatable bonds is 6. The Hall–Kier alpha value is -2.21. The van der Waals surface area contributed by atoms with Crippen LogP contribution in [-0.2, 0) is 6.54 Å². The van der Waals surface area contributed by atoms with Crippen molar-refractivity contribution in [1.82, 2.24) is 15.0 Å². The zero-order valence-electron chi connectivity index (χ0n) is 12.2. The first-order valence-corrected chi connectivity index (χ1v) is 6.95. The molecule has 0 aliphatic heterocycles. The van der Waals surface area contributed by atoms with Crippen molar-refractivity contribution in [3.8, 4) is 11.3 Å². The molecular formula is C15H19N3O3. The van der Waals surface area contributed by atoms with Crippen molar-refractivity contribution >= 4 is 5.97 Å². The normalized spacial score (nSPS) is 11.6. The summed E-state index contributed by atoms with van der Waals surface area (Å²) in [5, 5.41) is 27.4. The second kappa shape index (κ2) is 6.05. The maximum Gasteiger partial charge on any atom is 0.358 e. The summed E-state index contributed by atoms with van der Waals surface area (Å²) in [6, 6.07) is 9.11. The first kappa shape index (κ1) is 15.2. The van der Waals surface area contributed by atoms with Crippen LogP contribution in [0, 0.1) is 0 Å². The summed E-state index contributed by atoms with van der Waals surface area (Å²) in [6.07, 6.45) is 1.11. The standard InChI is InChI=1S/C15H19N3O3/c1-3-15(21,4-2)10-18-13(11-8-6-5-7-9-11)12(14(19)20)16-17-18/h5-9,21H,3-4,10H2,1-2H3,(H,19,20). The van der Waals surface area contributed by atoms with Gasteiger partial charge in [0.05, 0.1) is 12.1 Å². The number of nitrogens with zero attached hydrogens (tertiary/aromatic N) is 3. The minimum Gasteiger partial charge on any atom is -0.476 e. The number of hydrogen-bond donors (Lipinski definition) is 2. The molecule has 1 heterocycles. The van der Waals surface area contributed by atoms with Crippen molar-refractivity contribution in [2.24, 2.45) is 0 Å². The van der Waals surface area contributed by atoms with Crippen LogP contribution in [0.1, 0.15) is 37.2 Å². The summed E-state index contributed by atoms with van der Waals surface area (Å²) < 4.78 is 1.48. The van der Waals surface area contributed by atoms with Crippen LogP contribution in [0.4, 0.5) is 0 Å². The van der Waals surface area contributed by atoms with E-state index in [0.29, 0.717) is 18.5 Å². The van der Waals surface area contributed by atoms with Gasteiger partial charge < -0.3 is 10.2 Å². The quantitative estimate of drug-likeness (QED) is 0.851. The van der Waals surface area contributed by atoms with Gasteiger partial charge in [-0.1, -0.05) is 49.4 Å². The molecule has 6 heteroatoms. The minimum atomic E-state index is -1.13. The molecule has 0 bridgehead atoms. The highest BCUT2D eigenvalue weighted by atomic mass is 16.4. The average Bonchev–Trinajstić information content (AvgIpc) is 2.91. The lowest BCUT2D eigenvalue weighted by Gasteiger charge is -2.25. The van der Waals surface area contributed by atoms with E-state index in [0.717, 1.165) is 5.56 Å². The van der Waals surface area contributed by atoms with Crippen molar-refractivity contribution in [2.75, 3.05) is 0 Å². The molecule has 0 atom stereocenters. The first-order valence-electron chi connectivity index (χ1n) is 6.95. The van der Waals surface area contributed by atoms with Crippen molar-refractivity contribution in [2.45, 2.75) is 38.8 Å². The van der Waals surface area contributed by atoms with Gasteiger partial charge in [-0.2, -0.15) is 0 Å². The number of carbonyl (C=O) groups is 1. The van der Waals surface area contributed by atoms with Crippen LogP contribution in [0.25, 0.3) is 11.3 Å². The van der Waals surface area contributed by atoms with Crippen molar-refractivity contribution < 1.29 is 15.0 Å². The third kappa shape index (κ3) is 3.11. The lowest BCUT2D eigenvalue weighted by atomic mass is 9.97. The molecule has 0 spiro atoms. The van der Waals surface area contributed by atoms with Gasteiger partial charge in [-0.05, 0) is 12.8 Å². The molecule has 6 nitrogen and oxygen atoms in total. The summed E-state index contributed by atoms with van der Waals surface area (Å²) in [5.74, 6) is -1.13. The number of carboxylic acid groups (broad SMARTS) is 1. The van der Waals surface area contributed by atoms with Crippen molar-refractivity contribution in [3.05, 3.63) is 36.0 Å². The van der Waals surface area contributed by atoms with Crippen LogP contribution in [0.2, 0.25) is 0 Å². The van der Waals surface area contributed by atoms with E-state index in [2.05, 4.69) is 10.3 Å². The Morgan fingerprint density at radius 2 is 1.86 bits per heavy atom. The fourth-order valence-electron chi connectivity index (χ4n) is 2.20. The molecule has 0 saturated carbocycles. The molecule has 112 valence electrons. The van der Waals surface area contributed by atoms with E-state index in [9.17, 15) is 15.0 Å². The summed E-state index contributed by atoms with van der Waals surface area (Å²) in [6.45, 7) is 3.99. The number of benzene rings is 1. The Morgan fingerprint density at radius 1 is 1.24 bits per heavy atom. The third-order valence-corrected chi connectivity index (χ3v) is 3.75. The van der Waals surface area contributed by atoms with Crippen molar-refractivity contribution in [3.63, 3.8) is 0 Å². The minimum absolute atomic E-state index is 0.101. The van der Waals surface area contributed by atoms with Crippen LogP contribution >= 0.6 is 0 Å². The first-order chi connectivity index (χ1) is 10.0. The van der Waals surface area contributed by atoms with Crippen LogP contribution < -0.4 is 0 Å². The summed E-state index contributed by atoms with van der Waals surface area (Å²) in [7, 11) is 0. The predicted octanol–water partition coefficient (Wildman–Crippen LogP) is 2.19. The maximum absolute atomic E-state index is 11.3. The Labute approximate surface area is 123 Å². The molecular weight excluding hydrogens is 270 g/mol. The molecule has 1 aromatic carbocycles. The zero-order chi connectivity index (χ0) is 15.5. The highest BCUT2D eigenvalue weighted by molar-refractivity contribution is 5.92. The molecule has 0 amide bonds. The van der Waals surface area contributed by atoms with Crippen LogP contribution in [0.15, 0.2) is 30.3 Å². The number of aliphatic hydroxyl groups is 1. The van der Waals surface area contributed by atoms with Crippen LogP contribution in [-0.4, -0.2) is 36.8 Å². The third-order valence-electron chi connectivity index (χ3n) is 3.75. The number of aromatic carboxylic acids is 1. The Morgan fingerprint density at radius 3 is 2.38 bits per heavy atom. The van der Waals surface area contributed by atoms with Gasteiger partial charge in [0, 0.05) is 5.56 Å². The Bertz CT molecular complexity index is 618. The highest BCUT2D eigenvalue weighted by Gasteiger charge is 2.28. The lowest BCUT2D eigenvalue weighted by Crippen LogP contribution is -2.33. The molecule has 21 heavy (non-hydrogen) atoms. The van der Waals surface area contributed by atoms with E-state index in [1.165, 1.54) is 4.68 Å². The van der Waals surface area contributed by atoms with Gasteiger partial charge in [0.1, 0.15) is 5.69 Å². The van der Waals surface area contributed by atoms with Gasteiger partial charge in [0.15, 0.2) is 5.69 Å². The fraction of sp³-hybridized carbons (Fsp3) is 0.400. The van der Waals surface area contributed by atoms with E-state index in [-0.39, 0.29) is 12.2 Å². The van der Waals surface area contributed by atoms with E-state index in [1.807, 2.05) is 32.0 Å². The molecule has 0 saturated heterocycles. The van der Waals surface area contributed by atoms with Gasteiger partial charge in [-0.3, -0.25) is 0 Å². The van der Waals surface area contributed by atoms with Crippen LogP contribution in [0.3, 0.4) is 0 Å². The smallest absolute Gasteiger partial charge is 0.358 e. The summed E-state index contributed by atoms with van der Waals surface area (Å²) in [4.78, 5) is 11.3. The largest absolute Gasteiger partial charge is 0.476 e. The van der Waals surface area contributed by atoms with E-state index < -0.39 is 11.6 Å². The Kier molecular flexibility index (Phi) is 4.37. The molecule has 0 unspecified atom stereocenters. The second-order valence-corrected chi connectivity index (χ2v) is 5.05. The molecule has 2 aromatic rings. The van der Waals surface area contributed by atoms with Gasteiger partial charge in [-0.25, -0.2) is 9.48 Å². The van der Waals surface area contributed by atoms with E-state index in [4.69, 9.17) is 0 Å². The molecule has 0 aliphatic rings. The summed E-state index contributed by atoms with van der Waals surface area (Å²) in [5.41, 5.74) is 0.112. The van der Waals surface area contributed by atoms with E-state index in [1.54, 1.807) is 12.1 Å².